The molecule has 0 aliphatic rings. The van der Waals surface area contributed by atoms with Gasteiger partial charge < -0.3 is 5.73 Å². The highest BCUT2D eigenvalue weighted by Gasteiger charge is 2.22. The Morgan fingerprint density at radius 3 is 2.72 bits per heavy atom. The summed E-state index contributed by atoms with van der Waals surface area (Å²) in [5.41, 5.74) is 5.60. The largest absolute Gasteiger partial charge is 0.381 e. The Bertz CT molecular complexity index is 656. The molecule has 2 rings (SSSR count). The molecule has 0 bridgehead atoms. The molecule has 0 radical (unpaired) electrons. The summed E-state index contributed by atoms with van der Waals surface area (Å²) < 4.78 is 29.5. The van der Waals surface area contributed by atoms with Gasteiger partial charge in [-0.05, 0) is 6.92 Å². The first-order valence-electron chi connectivity index (χ1n) is 5.28. The third kappa shape index (κ3) is 2.16. The third-order valence-electron chi connectivity index (χ3n) is 2.43. The molecule has 0 amide bonds. The SMILES string of the molecule is CCn1cc(S(=O)(=O)Nc2ccnn2C)c(N)n1. The van der Waals surface area contributed by atoms with E-state index >= 15 is 0 Å². The summed E-state index contributed by atoms with van der Waals surface area (Å²) in [5, 5.41) is 7.78. The van der Waals surface area contributed by atoms with E-state index in [2.05, 4.69) is 14.9 Å². The number of anilines is 2. The van der Waals surface area contributed by atoms with Crippen LogP contribution < -0.4 is 10.5 Å². The van der Waals surface area contributed by atoms with E-state index in [1.54, 1.807) is 13.1 Å². The smallest absolute Gasteiger partial charge is 0.268 e. The van der Waals surface area contributed by atoms with Crippen molar-refractivity contribution in [3.63, 3.8) is 0 Å². The Labute approximate surface area is 104 Å². The molecule has 2 heterocycles. The van der Waals surface area contributed by atoms with E-state index < -0.39 is 10.0 Å². The van der Waals surface area contributed by atoms with Crippen LogP contribution in [0.15, 0.2) is 23.4 Å². The van der Waals surface area contributed by atoms with Crippen molar-refractivity contribution in [2.45, 2.75) is 18.4 Å². The van der Waals surface area contributed by atoms with Crippen molar-refractivity contribution in [1.29, 1.82) is 0 Å². The van der Waals surface area contributed by atoms with E-state index in [4.69, 9.17) is 5.73 Å². The highest BCUT2D eigenvalue weighted by atomic mass is 32.2. The van der Waals surface area contributed by atoms with Gasteiger partial charge in [-0.2, -0.15) is 10.2 Å². The molecule has 0 spiro atoms. The Morgan fingerprint density at radius 1 is 1.50 bits per heavy atom. The van der Waals surface area contributed by atoms with Gasteiger partial charge in [-0.1, -0.05) is 0 Å². The summed E-state index contributed by atoms with van der Waals surface area (Å²) in [7, 11) is -2.11. The Kier molecular flexibility index (Phi) is 2.99. The number of aryl methyl sites for hydroxylation is 2. The van der Waals surface area contributed by atoms with E-state index in [0.29, 0.717) is 12.4 Å². The third-order valence-corrected chi connectivity index (χ3v) is 3.80. The van der Waals surface area contributed by atoms with Gasteiger partial charge in [0, 0.05) is 25.9 Å². The first-order chi connectivity index (χ1) is 8.44. The molecule has 0 fully saturated rings. The van der Waals surface area contributed by atoms with E-state index in [1.165, 1.54) is 21.8 Å². The topological polar surface area (TPSA) is 108 Å². The molecule has 0 saturated heterocycles. The molecule has 0 aliphatic carbocycles. The summed E-state index contributed by atoms with van der Waals surface area (Å²) in [6.07, 6.45) is 2.89. The molecule has 9 heteroatoms. The van der Waals surface area contributed by atoms with Gasteiger partial charge in [-0.3, -0.25) is 14.1 Å². The number of nitrogen functional groups attached to an aromatic ring is 1. The number of hydrogen-bond acceptors (Lipinski definition) is 5. The number of nitrogens with one attached hydrogen (secondary N) is 1. The predicted molar refractivity (Wildman–Crippen MR) is 66.3 cm³/mol. The normalized spacial score (nSPS) is 11.7. The second-order valence-electron chi connectivity index (χ2n) is 3.68. The molecule has 0 atom stereocenters. The van der Waals surface area contributed by atoms with Gasteiger partial charge in [0.2, 0.25) is 0 Å². The number of sulfonamides is 1. The summed E-state index contributed by atoms with van der Waals surface area (Å²) >= 11 is 0. The van der Waals surface area contributed by atoms with Gasteiger partial charge in [0.25, 0.3) is 10.0 Å². The second kappa shape index (κ2) is 4.33. The molecular formula is C9H14N6O2S. The highest BCUT2D eigenvalue weighted by molar-refractivity contribution is 7.92. The zero-order chi connectivity index (χ0) is 13.3. The summed E-state index contributed by atoms with van der Waals surface area (Å²) in [6, 6.07) is 1.55. The van der Waals surface area contributed by atoms with Gasteiger partial charge in [0.1, 0.15) is 10.7 Å². The minimum Gasteiger partial charge on any atom is -0.381 e. The molecule has 0 aromatic carbocycles. The van der Waals surface area contributed by atoms with E-state index in [9.17, 15) is 8.42 Å². The lowest BCUT2D eigenvalue weighted by molar-refractivity contribution is 0.599. The van der Waals surface area contributed by atoms with Gasteiger partial charge in [0.15, 0.2) is 5.82 Å². The van der Waals surface area contributed by atoms with Crippen LogP contribution in [0.3, 0.4) is 0 Å². The molecule has 98 valence electrons. The van der Waals surface area contributed by atoms with Crippen molar-refractivity contribution < 1.29 is 8.42 Å². The van der Waals surface area contributed by atoms with Gasteiger partial charge in [-0.25, -0.2) is 8.42 Å². The Morgan fingerprint density at radius 2 is 2.22 bits per heavy atom. The lowest BCUT2D eigenvalue weighted by Crippen LogP contribution is -2.16. The van der Waals surface area contributed by atoms with Crippen molar-refractivity contribution in [1.82, 2.24) is 19.6 Å². The van der Waals surface area contributed by atoms with E-state index in [1.807, 2.05) is 6.92 Å². The highest BCUT2D eigenvalue weighted by Crippen LogP contribution is 2.19. The van der Waals surface area contributed by atoms with Gasteiger partial charge in [-0.15, -0.1) is 0 Å². The summed E-state index contributed by atoms with van der Waals surface area (Å²) in [4.78, 5) is -0.0365. The number of nitrogens with zero attached hydrogens (tertiary/aromatic N) is 4. The first-order valence-corrected chi connectivity index (χ1v) is 6.76. The zero-order valence-corrected chi connectivity index (χ0v) is 10.8. The van der Waals surface area contributed by atoms with Gasteiger partial charge >= 0.3 is 0 Å². The average Bonchev–Trinajstić information content (AvgIpc) is 2.86. The molecule has 0 aliphatic heterocycles. The molecule has 18 heavy (non-hydrogen) atoms. The zero-order valence-electron chi connectivity index (χ0n) is 10.0. The number of hydrogen-bond donors (Lipinski definition) is 2. The van der Waals surface area contributed by atoms with E-state index in [0.717, 1.165) is 0 Å². The van der Waals surface area contributed by atoms with Crippen LogP contribution in [0, 0.1) is 0 Å². The van der Waals surface area contributed by atoms with Crippen LogP contribution in [0.5, 0.6) is 0 Å². The first kappa shape index (κ1) is 12.4. The fourth-order valence-corrected chi connectivity index (χ4v) is 2.62. The van der Waals surface area contributed by atoms with Crippen molar-refractivity contribution in [2.24, 2.45) is 7.05 Å². The van der Waals surface area contributed by atoms with Crippen LogP contribution in [-0.2, 0) is 23.6 Å². The van der Waals surface area contributed by atoms with Gasteiger partial charge in [0.05, 0.1) is 6.20 Å². The Balaban J connectivity index is 2.36. The van der Waals surface area contributed by atoms with E-state index in [-0.39, 0.29) is 10.7 Å². The standard InChI is InChI=1S/C9H14N6O2S/c1-3-15-6-7(9(10)12-15)18(16,17)13-8-4-5-11-14(8)2/h4-6,13H,3H2,1-2H3,(H2,10,12). The van der Waals surface area contributed by atoms with Crippen LogP contribution in [0.25, 0.3) is 0 Å². The molecule has 0 saturated carbocycles. The van der Waals surface area contributed by atoms with Crippen LogP contribution in [0.1, 0.15) is 6.92 Å². The lowest BCUT2D eigenvalue weighted by atomic mass is 10.6. The summed E-state index contributed by atoms with van der Waals surface area (Å²) in [5.74, 6) is 0.338. The fraction of sp³-hybridized carbons (Fsp3) is 0.333. The molecule has 3 N–H and O–H groups in total. The molecule has 2 aromatic heterocycles. The van der Waals surface area contributed by atoms with Crippen molar-refractivity contribution in [2.75, 3.05) is 10.5 Å². The van der Waals surface area contributed by atoms with Crippen molar-refractivity contribution in [3.05, 3.63) is 18.5 Å². The maximum Gasteiger partial charge on any atom is 0.268 e. The van der Waals surface area contributed by atoms with Crippen LogP contribution in [0.4, 0.5) is 11.6 Å². The second-order valence-corrected chi connectivity index (χ2v) is 5.33. The lowest BCUT2D eigenvalue weighted by Gasteiger charge is -2.06. The Hall–Kier alpha value is -2.03. The molecule has 2 aromatic rings. The van der Waals surface area contributed by atoms with Crippen molar-refractivity contribution >= 4 is 21.7 Å². The average molecular weight is 270 g/mol. The summed E-state index contributed by atoms with van der Waals surface area (Å²) in [6.45, 7) is 2.39. The minimum atomic E-state index is -3.74. The van der Waals surface area contributed by atoms with Crippen molar-refractivity contribution in [3.8, 4) is 0 Å². The molecule has 8 nitrogen and oxygen atoms in total. The number of rotatable bonds is 4. The van der Waals surface area contributed by atoms with Crippen LogP contribution >= 0.6 is 0 Å². The number of aromatic nitrogens is 4. The molecule has 0 unspecified atom stereocenters. The maximum absolute atomic E-state index is 12.1. The molecular weight excluding hydrogens is 256 g/mol. The fourth-order valence-electron chi connectivity index (χ4n) is 1.45. The maximum atomic E-state index is 12.1. The predicted octanol–water partition coefficient (Wildman–Crippen LogP) is 0.0195. The minimum absolute atomic E-state index is 0.0217. The quantitative estimate of drug-likeness (QED) is 0.814. The number of nitrogens with two attached hydrogens (primary N) is 1. The van der Waals surface area contributed by atoms with Crippen LogP contribution in [0.2, 0.25) is 0 Å². The van der Waals surface area contributed by atoms with Crippen LogP contribution in [-0.4, -0.2) is 28.0 Å². The monoisotopic (exact) mass is 270 g/mol.